The van der Waals surface area contributed by atoms with Gasteiger partial charge in [-0.05, 0) is 40.8 Å². The van der Waals surface area contributed by atoms with Crippen LogP contribution in [0, 0.1) is 5.92 Å². The molecule has 0 fully saturated rings. The minimum absolute atomic E-state index is 0.193. The quantitative estimate of drug-likeness (QED) is 0.290. The Balaban J connectivity index is 1.46. The summed E-state index contributed by atoms with van der Waals surface area (Å²) in [5.74, 6) is -1.09. The molecule has 0 bridgehead atoms. The summed E-state index contributed by atoms with van der Waals surface area (Å²) in [6.45, 7) is 0.417. The van der Waals surface area contributed by atoms with E-state index in [0.717, 1.165) is 22.3 Å². The van der Waals surface area contributed by atoms with E-state index in [-0.39, 0.29) is 18.7 Å². The second-order valence-electron chi connectivity index (χ2n) is 8.52. The first-order valence-corrected chi connectivity index (χ1v) is 11.3. The van der Waals surface area contributed by atoms with E-state index in [0.29, 0.717) is 18.8 Å². The van der Waals surface area contributed by atoms with Crippen molar-refractivity contribution in [3.05, 3.63) is 101 Å². The number of ether oxygens (including phenoxy) is 1. The summed E-state index contributed by atoms with van der Waals surface area (Å²) in [5, 5.41) is 22.4. The molecule has 34 heavy (non-hydrogen) atoms. The fourth-order valence-electron chi connectivity index (χ4n) is 4.33. The van der Waals surface area contributed by atoms with Crippen LogP contribution in [0.4, 0.5) is 0 Å². The van der Waals surface area contributed by atoms with E-state index < -0.39 is 24.0 Å². The van der Waals surface area contributed by atoms with Crippen LogP contribution >= 0.6 is 0 Å². The molecule has 0 heterocycles. The summed E-state index contributed by atoms with van der Waals surface area (Å²) in [6.07, 6.45) is -0.193. The summed E-state index contributed by atoms with van der Waals surface area (Å²) in [6, 6.07) is 24.2. The van der Waals surface area contributed by atoms with E-state index in [1.807, 2.05) is 78.9 Å². The first-order chi connectivity index (χ1) is 16.5. The number of aliphatic hydroxyl groups is 1. The first-order valence-electron chi connectivity index (χ1n) is 11.3. The molecule has 1 aliphatic carbocycles. The molecule has 0 aliphatic heterocycles. The van der Waals surface area contributed by atoms with Crippen LogP contribution in [0.15, 0.2) is 78.9 Å². The number of rotatable bonds is 9. The highest BCUT2D eigenvalue weighted by Crippen LogP contribution is 2.32. The van der Waals surface area contributed by atoms with Crippen LogP contribution in [0.3, 0.4) is 0 Å². The highest BCUT2D eigenvalue weighted by Gasteiger charge is 2.34. The van der Waals surface area contributed by atoms with Gasteiger partial charge in [-0.25, -0.2) is 5.48 Å². The smallest absolute Gasteiger partial charge is 0.244 e. The van der Waals surface area contributed by atoms with Crippen LogP contribution in [0.2, 0.25) is 0 Å². The number of hydroxylamine groups is 1. The molecule has 176 valence electrons. The van der Waals surface area contributed by atoms with Gasteiger partial charge in [0.05, 0.1) is 18.1 Å². The Morgan fingerprint density at radius 1 is 0.971 bits per heavy atom. The number of amides is 2. The lowest BCUT2D eigenvalue weighted by Crippen LogP contribution is -2.40. The van der Waals surface area contributed by atoms with Gasteiger partial charge >= 0.3 is 0 Å². The maximum Gasteiger partial charge on any atom is 0.244 e. The van der Waals surface area contributed by atoms with Crippen LogP contribution in [0.1, 0.15) is 34.7 Å². The zero-order chi connectivity index (χ0) is 23.9. The monoisotopic (exact) mass is 460 g/mol. The standard InChI is InChI=1S/C27H28N2O5/c30-24-15-20-10-4-5-12-23(20)26(24)28-27(32)21(16-25(31)29-33)13-19-9-6-11-22(14-19)34-17-18-7-2-1-3-8-18/h1-12,14,21,24,26,30,33H,13,15-17H2,(H,28,32)(H,29,31). The number of nitrogens with one attached hydrogen (secondary N) is 2. The number of aliphatic hydroxyl groups excluding tert-OH is 1. The number of benzene rings is 3. The summed E-state index contributed by atoms with van der Waals surface area (Å²) in [4.78, 5) is 25.1. The predicted molar refractivity (Wildman–Crippen MR) is 126 cm³/mol. The molecule has 0 radical (unpaired) electrons. The molecule has 0 saturated carbocycles. The van der Waals surface area contributed by atoms with Crippen molar-refractivity contribution < 1.29 is 24.6 Å². The summed E-state index contributed by atoms with van der Waals surface area (Å²) in [7, 11) is 0. The normalized spacial score (nSPS) is 17.5. The van der Waals surface area contributed by atoms with E-state index in [4.69, 9.17) is 9.94 Å². The van der Waals surface area contributed by atoms with Crippen LogP contribution in [0.25, 0.3) is 0 Å². The molecule has 3 aromatic rings. The Kier molecular flexibility index (Phi) is 7.57. The molecule has 7 nitrogen and oxygen atoms in total. The van der Waals surface area contributed by atoms with Gasteiger partial charge in [0.25, 0.3) is 0 Å². The minimum Gasteiger partial charge on any atom is -0.489 e. The molecule has 3 unspecified atom stereocenters. The van der Waals surface area contributed by atoms with Crippen molar-refractivity contribution in [3.63, 3.8) is 0 Å². The molecule has 3 aromatic carbocycles. The third kappa shape index (κ3) is 5.81. The van der Waals surface area contributed by atoms with Crippen LogP contribution in [-0.2, 0) is 29.0 Å². The van der Waals surface area contributed by atoms with E-state index in [1.54, 1.807) is 5.48 Å². The predicted octanol–water partition coefficient (Wildman–Crippen LogP) is 3.09. The third-order valence-corrected chi connectivity index (χ3v) is 6.06. The number of hydrogen-bond donors (Lipinski definition) is 4. The van der Waals surface area contributed by atoms with Crippen LogP contribution < -0.4 is 15.5 Å². The van der Waals surface area contributed by atoms with Crippen molar-refractivity contribution in [2.75, 3.05) is 0 Å². The number of carbonyl (C=O) groups excluding carboxylic acids is 2. The lowest BCUT2D eigenvalue weighted by Gasteiger charge is -2.22. The van der Waals surface area contributed by atoms with Crippen molar-refractivity contribution in [2.24, 2.45) is 5.92 Å². The van der Waals surface area contributed by atoms with E-state index in [9.17, 15) is 14.7 Å². The lowest BCUT2D eigenvalue weighted by atomic mass is 9.94. The van der Waals surface area contributed by atoms with Gasteiger partial charge in [0.2, 0.25) is 11.8 Å². The SMILES string of the molecule is O=C(CC(Cc1cccc(OCc2ccccc2)c1)C(=O)NC1c2ccccc2CC1O)NO. The van der Waals surface area contributed by atoms with Crippen molar-refractivity contribution in [1.29, 1.82) is 0 Å². The average molecular weight is 461 g/mol. The van der Waals surface area contributed by atoms with Gasteiger partial charge in [-0.3, -0.25) is 14.8 Å². The molecule has 1 aliphatic rings. The molecule has 4 rings (SSSR count). The van der Waals surface area contributed by atoms with Gasteiger partial charge < -0.3 is 15.2 Å². The summed E-state index contributed by atoms with van der Waals surface area (Å²) in [5.41, 5.74) is 5.35. The fraction of sp³-hybridized carbons (Fsp3) is 0.259. The Morgan fingerprint density at radius 2 is 1.71 bits per heavy atom. The Morgan fingerprint density at radius 3 is 2.50 bits per heavy atom. The van der Waals surface area contributed by atoms with Gasteiger partial charge in [-0.1, -0.05) is 66.7 Å². The largest absolute Gasteiger partial charge is 0.489 e. The van der Waals surface area contributed by atoms with Gasteiger partial charge in [0.1, 0.15) is 12.4 Å². The highest BCUT2D eigenvalue weighted by atomic mass is 16.5. The van der Waals surface area contributed by atoms with Crippen LogP contribution in [-0.4, -0.2) is 28.2 Å². The maximum absolute atomic E-state index is 13.2. The molecule has 0 spiro atoms. The van der Waals surface area contributed by atoms with Crippen molar-refractivity contribution in [3.8, 4) is 5.75 Å². The van der Waals surface area contributed by atoms with Gasteiger partial charge in [-0.2, -0.15) is 0 Å². The molecule has 0 aromatic heterocycles. The van der Waals surface area contributed by atoms with Gasteiger partial charge in [0, 0.05) is 12.8 Å². The maximum atomic E-state index is 13.2. The molecule has 7 heteroatoms. The van der Waals surface area contributed by atoms with Crippen molar-refractivity contribution in [2.45, 2.75) is 38.0 Å². The fourth-order valence-corrected chi connectivity index (χ4v) is 4.33. The highest BCUT2D eigenvalue weighted by molar-refractivity contribution is 5.86. The third-order valence-electron chi connectivity index (χ3n) is 6.06. The second-order valence-corrected chi connectivity index (χ2v) is 8.52. The van der Waals surface area contributed by atoms with Gasteiger partial charge in [-0.15, -0.1) is 0 Å². The molecular weight excluding hydrogens is 432 g/mol. The second kappa shape index (κ2) is 11.0. The summed E-state index contributed by atoms with van der Waals surface area (Å²) < 4.78 is 5.88. The summed E-state index contributed by atoms with van der Waals surface area (Å²) >= 11 is 0. The van der Waals surface area contributed by atoms with Crippen LogP contribution in [0.5, 0.6) is 5.75 Å². The van der Waals surface area contributed by atoms with E-state index >= 15 is 0 Å². The topological polar surface area (TPSA) is 108 Å². The molecule has 4 N–H and O–H groups in total. The molecule has 0 saturated heterocycles. The average Bonchev–Trinajstić information content (AvgIpc) is 3.18. The van der Waals surface area contributed by atoms with E-state index in [1.165, 1.54) is 0 Å². The number of carbonyl (C=O) groups is 2. The Bertz CT molecular complexity index is 1130. The first kappa shape index (κ1) is 23.5. The molecular formula is C27H28N2O5. The number of hydrogen-bond acceptors (Lipinski definition) is 5. The zero-order valence-corrected chi connectivity index (χ0v) is 18.7. The molecule has 3 atom stereocenters. The zero-order valence-electron chi connectivity index (χ0n) is 18.7. The Hall–Kier alpha value is -3.68. The minimum atomic E-state index is -0.739. The van der Waals surface area contributed by atoms with E-state index in [2.05, 4.69) is 5.32 Å². The van der Waals surface area contributed by atoms with Crippen molar-refractivity contribution >= 4 is 11.8 Å². The number of fused-ring (bicyclic) bond motifs is 1. The van der Waals surface area contributed by atoms with Crippen molar-refractivity contribution in [1.82, 2.24) is 10.8 Å². The Labute approximate surface area is 198 Å². The molecule has 2 amide bonds. The van der Waals surface area contributed by atoms with Gasteiger partial charge in [0.15, 0.2) is 0 Å². The lowest BCUT2D eigenvalue weighted by molar-refractivity contribution is -0.135.